The van der Waals surface area contributed by atoms with Gasteiger partial charge in [0.2, 0.25) is 0 Å². The van der Waals surface area contributed by atoms with Crippen molar-refractivity contribution in [3.8, 4) is 0 Å². The monoisotopic (exact) mass is 291 g/mol. The van der Waals surface area contributed by atoms with Crippen molar-refractivity contribution in [2.24, 2.45) is 11.7 Å². The summed E-state index contributed by atoms with van der Waals surface area (Å²) in [7, 11) is 0. The lowest BCUT2D eigenvalue weighted by Crippen LogP contribution is -2.36. The molecule has 116 valence electrons. The number of hydrogen-bond acceptors (Lipinski definition) is 3. The van der Waals surface area contributed by atoms with Gasteiger partial charge in [-0.3, -0.25) is 0 Å². The van der Waals surface area contributed by atoms with E-state index in [4.69, 9.17) is 5.73 Å². The molecule has 0 bridgehead atoms. The molecule has 2 fully saturated rings. The number of nitrogens with two attached hydrogens (primary N) is 1. The Morgan fingerprint density at radius 3 is 2.62 bits per heavy atom. The number of halogens is 1. The Kier molecular flexibility index (Phi) is 4.63. The van der Waals surface area contributed by atoms with Crippen molar-refractivity contribution >= 4 is 11.4 Å². The van der Waals surface area contributed by atoms with Crippen LogP contribution in [-0.2, 0) is 0 Å². The number of rotatable bonds is 4. The van der Waals surface area contributed by atoms with Gasteiger partial charge >= 0.3 is 0 Å². The molecule has 0 radical (unpaired) electrons. The van der Waals surface area contributed by atoms with Gasteiger partial charge in [0, 0.05) is 24.8 Å². The van der Waals surface area contributed by atoms with E-state index >= 15 is 0 Å². The van der Waals surface area contributed by atoms with Gasteiger partial charge in [0.25, 0.3) is 0 Å². The van der Waals surface area contributed by atoms with Crippen LogP contribution in [0.1, 0.15) is 38.5 Å². The highest BCUT2D eigenvalue weighted by Gasteiger charge is 2.24. The Morgan fingerprint density at radius 2 is 1.90 bits per heavy atom. The van der Waals surface area contributed by atoms with Crippen LogP contribution in [0, 0.1) is 11.7 Å². The van der Waals surface area contributed by atoms with Crippen LogP contribution in [0.4, 0.5) is 15.8 Å². The second-order valence-electron chi connectivity index (χ2n) is 6.39. The Labute approximate surface area is 126 Å². The number of nitrogens with one attached hydrogen (secondary N) is 1. The predicted molar refractivity (Wildman–Crippen MR) is 86.3 cm³/mol. The first-order valence-electron chi connectivity index (χ1n) is 8.29. The summed E-state index contributed by atoms with van der Waals surface area (Å²) in [6, 6.07) is 5.97. The van der Waals surface area contributed by atoms with Crippen LogP contribution >= 0.6 is 0 Å². The fourth-order valence-electron chi connectivity index (χ4n) is 3.71. The van der Waals surface area contributed by atoms with Crippen molar-refractivity contribution in [3.63, 3.8) is 0 Å². The molecule has 3 rings (SSSR count). The van der Waals surface area contributed by atoms with Gasteiger partial charge < -0.3 is 16.0 Å². The highest BCUT2D eigenvalue weighted by atomic mass is 19.1. The molecule has 1 aliphatic heterocycles. The summed E-state index contributed by atoms with van der Waals surface area (Å²) in [6.45, 7) is 2.66. The number of nitrogens with zero attached hydrogens (tertiary/aromatic N) is 1. The van der Waals surface area contributed by atoms with E-state index in [-0.39, 0.29) is 5.82 Å². The molecule has 1 saturated carbocycles. The van der Waals surface area contributed by atoms with Crippen molar-refractivity contribution in [3.05, 3.63) is 24.0 Å². The molecule has 3 nitrogen and oxygen atoms in total. The molecule has 1 aromatic carbocycles. The fraction of sp³-hybridized carbons (Fsp3) is 0.647. The van der Waals surface area contributed by atoms with Crippen molar-refractivity contribution < 1.29 is 4.39 Å². The third kappa shape index (κ3) is 3.31. The van der Waals surface area contributed by atoms with Gasteiger partial charge in [-0.2, -0.15) is 0 Å². The van der Waals surface area contributed by atoms with E-state index in [1.54, 1.807) is 6.07 Å². The van der Waals surface area contributed by atoms with Crippen LogP contribution in [0.25, 0.3) is 0 Å². The van der Waals surface area contributed by atoms with Crippen molar-refractivity contribution in [2.75, 3.05) is 29.9 Å². The van der Waals surface area contributed by atoms with E-state index in [1.807, 2.05) is 12.1 Å². The first-order chi connectivity index (χ1) is 10.3. The summed E-state index contributed by atoms with van der Waals surface area (Å²) in [5.41, 5.74) is 7.50. The van der Waals surface area contributed by atoms with E-state index in [1.165, 1.54) is 32.1 Å². The van der Waals surface area contributed by atoms with Crippen molar-refractivity contribution in [1.29, 1.82) is 0 Å². The lowest BCUT2D eigenvalue weighted by atomic mass is 9.84. The number of benzene rings is 1. The molecule has 2 unspecified atom stereocenters. The lowest BCUT2D eigenvalue weighted by molar-refractivity contribution is 0.332. The minimum absolute atomic E-state index is 0.109. The summed E-state index contributed by atoms with van der Waals surface area (Å²) in [5.74, 6) is 0.405. The Morgan fingerprint density at radius 1 is 1.14 bits per heavy atom. The molecule has 0 spiro atoms. The molecule has 1 heterocycles. The number of hydrogen-bond donors (Lipinski definition) is 2. The lowest BCUT2D eigenvalue weighted by Gasteiger charge is -2.32. The Hall–Kier alpha value is -1.29. The summed E-state index contributed by atoms with van der Waals surface area (Å²) < 4.78 is 14.3. The van der Waals surface area contributed by atoms with Gasteiger partial charge in [0.15, 0.2) is 0 Å². The van der Waals surface area contributed by atoms with Gasteiger partial charge in [-0.1, -0.05) is 12.8 Å². The topological polar surface area (TPSA) is 41.3 Å². The van der Waals surface area contributed by atoms with Gasteiger partial charge in [0.05, 0.1) is 5.69 Å². The standard InChI is InChI=1S/C17H26FN3/c18-15-11-14(7-8-17(15)21-9-3-4-10-21)20-16-6-2-1-5-13(16)12-19/h7-8,11,13,16,20H,1-6,9-10,12,19H2. The molecule has 2 aliphatic rings. The second-order valence-corrected chi connectivity index (χ2v) is 6.39. The van der Waals surface area contributed by atoms with Gasteiger partial charge in [-0.05, 0) is 56.3 Å². The highest BCUT2D eigenvalue weighted by Crippen LogP contribution is 2.29. The van der Waals surface area contributed by atoms with Gasteiger partial charge in [-0.15, -0.1) is 0 Å². The molecule has 2 atom stereocenters. The van der Waals surface area contributed by atoms with Crippen LogP contribution in [0.15, 0.2) is 18.2 Å². The molecule has 1 aromatic rings. The van der Waals surface area contributed by atoms with E-state index in [9.17, 15) is 4.39 Å². The molecule has 21 heavy (non-hydrogen) atoms. The SMILES string of the molecule is NCC1CCCCC1Nc1ccc(N2CCCC2)c(F)c1. The maximum absolute atomic E-state index is 14.3. The van der Waals surface area contributed by atoms with E-state index < -0.39 is 0 Å². The first kappa shape index (κ1) is 14.6. The number of anilines is 2. The maximum Gasteiger partial charge on any atom is 0.148 e. The zero-order chi connectivity index (χ0) is 14.7. The molecule has 1 saturated heterocycles. The largest absolute Gasteiger partial charge is 0.382 e. The quantitative estimate of drug-likeness (QED) is 0.894. The average molecular weight is 291 g/mol. The van der Waals surface area contributed by atoms with Crippen LogP contribution in [0.3, 0.4) is 0 Å². The molecule has 1 aliphatic carbocycles. The zero-order valence-corrected chi connectivity index (χ0v) is 12.7. The molecule has 0 amide bonds. The fourth-order valence-corrected chi connectivity index (χ4v) is 3.71. The smallest absolute Gasteiger partial charge is 0.148 e. The molecule has 0 aromatic heterocycles. The minimum Gasteiger partial charge on any atom is -0.382 e. The summed E-state index contributed by atoms with van der Waals surface area (Å²) in [6.07, 6.45) is 7.16. The summed E-state index contributed by atoms with van der Waals surface area (Å²) >= 11 is 0. The van der Waals surface area contributed by atoms with Crippen LogP contribution in [0.5, 0.6) is 0 Å². The predicted octanol–water partition coefficient (Wildman–Crippen LogP) is 3.36. The Balaban J connectivity index is 1.69. The van der Waals surface area contributed by atoms with E-state index in [0.29, 0.717) is 18.5 Å². The van der Waals surface area contributed by atoms with Gasteiger partial charge in [-0.25, -0.2) is 4.39 Å². The maximum atomic E-state index is 14.3. The summed E-state index contributed by atoms with van der Waals surface area (Å²) in [4.78, 5) is 2.14. The highest BCUT2D eigenvalue weighted by molar-refractivity contribution is 5.57. The van der Waals surface area contributed by atoms with E-state index in [2.05, 4.69) is 10.2 Å². The van der Waals surface area contributed by atoms with E-state index in [0.717, 1.165) is 30.9 Å². The normalized spacial score (nSPS) is 26.1. The minimum atomic E-state index is -0.109. The average Bonchev–Trinajstić information content (AvgIpc) is 3.02. The van der Waals surface area contributed by atoms with Crippen molar-refractivity contribution in [2.45, 2.75) is 44.6 Å². The molecule has 3 N–H and O–H groups in total. The second kappa shape index (κ2) is 6.65. The first-order valence-corrected chi connectivity index (χ1v) is 8.29. The van der Waals surface area contributed by atoms with Gasteiger partial charge in [0.1, 0.15) is 5.82 Å². The zero-order valence-electron chi connectivity index (χ0n) is 12.7. The van der Waals surface area contributed by atoms with Crippen LogP contribution in [0.2, 0.25) is 0 Å². The molecule has 4 heteroatoms. The van der Waals surface area contributed by atoms with Crippen molar-refractivity contribution in [1.82, 2.24) is 0 Å². The molecular formula is C17H26FN3. The van der Waals surface area contributed by atoms with Crippen LogP contribution in [-0.4, -0.2) is 25.7 Å². The van der Waals surface area contributed by atoms with Crippen LogP contribution < -0.4 is 16.0 Å². The third-order valence-corrected chi connectivity index (χ3v) is 4.96. The third-order valence-electron chi connectivity index (χ3n) is 4.96. The molecular weight excluding hydrogens is 265 g/mol. The summed E-state index contributed by atoms with van der Waals surface area (Å²) in [5, 5.41) is 3.50. The Bertz CT molecular complexity index is 471.